The van der Waals surface area contributed by atoms with Gasteiger partial charge in [-0.05, 0) is 47.5 Å². The van der Waals surface area contributed by atoms with Crippen LogP contribution in [0.4, 0.5) is 0 Å². The predicted octanol–water partition coefficient (Wildman–Crippen LogP) is 4.23. The second kappa shape index (κ2) is 5.88. The smallest absolute Gasteiger partial charge is 0.232 e. The van der Waals surface area contributed by atoms with Crippen LogP contribution in [0.3, 0.4) is 0 Å². The van der Waals surface area contributed by atoms with Crippen LogP contribution in [0.5, 0.6) is 0 Å². The maximum atomic E-state index is 8.23. The SMILES string of the molecule is [2H]c1nc2cc(CC(C)C)ccc2c(-c2ccccc2C)[n+]1C. The molecule has 0 spiro atoms. The third-order valence-electron chi connectivity index (χ3n) is 4.02. The molecule has 3 rings (SSSR count). The van der Waals surface area contributed by atoms with Gasteiger partial charge >= 0.3 is 0 Å². The summed E-state index contributed by atoms with van der Waals surface area (Å²) in [6.07, 6.45) is 1.32. The summed E-state index contributed by atoms with van der Waals surface area (Å²) < 4.78 is 10.1. The van der Waals surface area contributed by atoms with Crippen molar-refractivity contribution >= 4 is 10.9 Å². The van der Waals surface area contributed by atoms with Crippen LogP contribution in [-0.4, -0.2) is 4.98 Å². The quantitative estimate of drug-likeness (QED) is 0.660. The lowest BCUT2D eigenvalue weighted by Gasteiger charge is -2.10. The number of hydrogen-bond acceptors (Lipinski definition) is 1. The van der Waals surface area contributed by atoms with E-state index in [1.807, 2.05) is 23.7 Å². The summed E-state index contributed by atoms with van der Waals surface area (Å²) in [7, 11) is 1.92. The highest BCUT2D eigenvalue weighted by atomic mass is 15.0. The monoisotopic (exact) mass is 292 g/mol. The van der Waals surface area contributed by atoms with Crippen LogP contribution in [0.15, 0.2) is 48.8 Å². The standard InChI is InChI=1S/C20H23N2/c1-14(2)11-16-9-10-18-19(12-16)21-13-22(4)20(18)17-8-6-5-7-15(17)3/h5-10,12-14H,11H2,1-4H3/q+1/i13D. The fourth-order valence-electron chi connectivity index (χ4n) is 2.99. The highest BCUT2D eigenvalue weighted by Gasteiger charge is 2.16. The largest absolute Gasteiger partial charge is 0.287 e. The summed E-state index contributed by atoms with van der Waals surface area (Å²) in [5.74, 6) is 0.610. The zero-order valence-corrected chi connectivity index (χ0v) is 13.7. The zero-order valence-electron chi connectivity index (χ0n) is 14.7. The zero-order chi connectivity index (χ0) is 16.6. The Morgan fingerprint density at radius 2 is 1.95 bits per heavy atom. The summed E-state index contributed by atoms with van der Waals surface area (Å²) in [5.41, 5.74) is 5.62. The Morgan fingerprint density at radius 3 is 2.68 bits per heavy atom. The van der Waals surface area contributed by atoms with Gasteiger partial charge in [0.15, 0.2) is 6.89 Å². The topological polar surface area (TPSA) is 16.8 Å². The van der Waals surface area contributed by atoms with Crippen molar-refractivity contribution < 1.29 is 5.94 Å². The number of fused-ring (bicyclic) bond motifs is 1. The molecule has 0 bridgehead atoms. The minimum atomic E-state index is 0.289. The van der Waals surface area contributed by atoms with E-state index in [-0.39, 0.29) is 6.30 Å². The van der Waals surface area contributed by atoms with Crippen molar-refractivity contribution in [3.05, 3.63) is 59.9 Å². The molecular weight excluding hydrogens is 268 g/mol. The van der Waals surface area contributed by atoms with Crippen LogP contribution in [0.25, 0.3) is 22.2 Å². The molecule has 0 amide bonds. The molecule has 22 heavy (non-hydrogen) atoms. The van der Waals surface area contributed by atoms with E-state index in [0.717, 1.165) is 28.6 Å². The van der Waals surface area contributed by atoms with Crippen molar-refractivity contribution in [1.82, 2.24) is 4.98 Å². The first-order valence-corrected chi connectivity index (χ1v) is 7.82. The van der Waals surface area contributed by atoms with Gasteiger partial charge in [0.2, 0.25) is 0 Å². The predicted molar refractivity (Wildman–Crippen MR) is 91.6 cm³/mol. The van der Waals surface area contributed by atoms with Crippen molar-refractivity contribution in [3.63, 3.8) is 0 Å². The Kier molecular flexibility index (Phi) is 3.59. The summed E-state index contributed by atoms with van der Waals surface area (Å²) in [6.45, 7) is 6.55. The second-order valence-electron chi connectivity index (χ2n) is 6.38. The van der Waals surface area contributed by atoms with Crippen LogP contribution in [-0.2, 0) is 13.5 Å². The molecule has 0 unspecified atom stereocenters. The van der Waals surface area contributed by atoms with Gasteiger partial charge in [-0.1, -0.05) is 44.2 Å². The maximum absolute atomic E-state index is 8.23. The Hall–Kier alpha value is -2.22. The van der Waals surface area contributed by atoms with Crippen molar-refractivity contribution in [1.29, 1.82) is 0 Å². The van der Waals surface area contributed by atoms with Crippen LogP contribution < -0.4 is 4.57 Å². The van der Waals surface area contributed by atoms with E-state index in [4.69, 9.17) is 1.37 Å². The lowest BCUT2D eigenvalue weighted by Crippen LogP contribution is -2.31. The Morgan fingerprint density at radius 1 is 1.18 bits per heavy atom. The number of aromatic nitrogens is 2. The summed E-state index contributed by atoms with van der Waals surface area (Å²) in [4.78, 5) is 4.49. The van der Waals surface area contributed by atoms with E-state index >= 15 is 0 Å². The van der Waals surface area contributed by atoms with Gasteiger partial charge in [0.25, 0.3) is 6.30 Å². The summed E-state index contributed by atoms with van der Waals surface area (Å²) >= 11 is 0. The molecule has 0 radical (unpaired) electrons. The molecule has 2 aromatic carbocycles. The molecule has 1 heterocycles. The van der Waals surface area contributed by atoms with Crippen LogP contribution in [0.1, 0.15) is 26.3 Å². The first-order valence-electron chi connectivity index (χ1n) is 8.32. The molecule has 2 nitrogen and oxygen atoms in total. The second-order valence-corrected chi connectivity index (χ2v) is 6.38. The molecule has 0 saturated carbocycles. The molecule has 0 saturated heterocycles. The maximum Gasteiger partial charge on any atom is 0.287 e. The molecule has 3 aromatic rings. The van der Waals surface area contributed by atoms with Crippen LogP contribution >= 0.6 is 0 Å². The molecule has 0 aliphatic heterocycles. The lowest BCUT2D eigenvalue weighted by molar-refractivity contribution is -0.662. The number of benzene rings is 2. The van der Waals surface area contributed by atoms with Gasteiger partial charge in [-0.3, -0.25) is 0 Å². The van der Waals surface area contributed by atoms with Gasteiger partial charge in [0, 0.05) is 5.56 Å². The average Bonchev–Trinajstić information content (AvgIpc) is 2.49. The molecule has 0 atom stereocenters. The molecule has 112 valence electrons. The van der Waals surface area contributed by atoms with E-state index in [2.05, 4.69) is 56.1 Å². The molecule has 0 fully saturated rings. The van der Waals surface area contributed by atoms with Gasteiger partial charge in [-0.2, -0.15) is 0 Å². The van der Waals surface area contributed by atoms with Crippen LogP contribution in [0.2, 0.25) is 0 Å². The highest BCUT2D eigenvalue weighted by Crippen LogP contribution is 2.27. The fraction of sp³-hybridized carbons (Fsp3) is 0.300. The van der Waals surface area contributed by atoms with Gasteiger partial charge in [-0.25, -0.2) is 4.57 Å². The number of nitrogens with zero attached hydrogens (tertiary/aromatic N) is 2. The third-order valence-corrected chi connectivity index (χ3v) is 4.02. The van der Waals surface area contributed by atoms with Crippen LogP contribution in [0, 0.1) is 12.8 Å². The molecule has 2 heteroatoms. The average molecular weight is 292 g/mol. The first-order chi connectivity index (χ1) is 11.0. The first kappa shape index (κ1) is 13.4. The fourth-order valence-corrected chi connectivity index (χ4v) is 2.99. The van der Waals surface area contributed by atoms with Gasteiger partial charge in [0.05, 0.1) is 12.4 Å². The normalized spacial score (nSPS) is 12.0. The van der Waals surface area contributed by atoms with Crippen molar-refractivity contribution in [2.24, 2.45) is 13.0 Å². The van der Waals surface area contributed by atoms with E-state index < -0.39 is 0 Å². The molecule has 0 aliphatic rings. The number of hydrogen-bond donors (Lipinski definition) is 0. The Labute approximate surface area is 133 Å². The lowest BCUT2D eigenvalue weighted by atomic mass is 9.98. The van der Waals surface area contributed by atoms with E-state index in [1.54, 1.807) is 0 Å². The van der Waals surface area contributed by atoms with Crippen molar-refractivity contribution in [2.75, 3.05) is 0 Å². The van der Waals surface area contributed by atoms with E-state index in [0.29, 0.717) is 5.92 Å². The minimum absolute atomic E-state index is 0.289. The van der Waals surface area contributed by atoms with Crippen molar-refractivity contribution in [2.45, 2.75) is 27.2 Å². The highest BCUT2D eigenvalue weighted by molar-refractivity contribution is 5.91. The minimum Gasteiger partial charge on any atom is -0.232 e. The molecule has 1 aromatic heterocycles. The number of aryl methyl sites for hydroxylation is 1. The number of rotatable bonds is 3. The van der Waals surface area contributed by atoms with Crippen molar-refractivity contribution in [3.8, 4) is 11.3 Å². The van der Waals surface area contributed by atoms with E-state index in [9.17, 15) is 0 Å². The summed E-state index contributed by atoms with van der Waals surface area (Å²) in [5, 5.41) is 1.10. The molecule has 0 aliphatic carbocycles. The Bertz CT molecular complexity index is 869. The van der Waals surface area contributed by atoms with Gasteiger partial charge < -0.3 is 0 Å². The molecule has 0 N–H and O–H groups in total. The van der Waals surface area contributed by atoms with Gasteiger partial charge in [0.1, 0.15) is 5.69 Å². The summed E-state index contributed by atoms with van der Waals surface area (Å²) in [6, 6.07) is 14.8. The van der Waals surface area contributed by atoms with Gasteiger partial charge in [-0.15, -0.1) is 0 Å². The molecular formula is C20H23N2+. The Balaban J connectivity index is 2.28. The third kappa shape index (κ3) is 2.74. The van der Waals surface area contributed by atoms with E-state index in [1.165, 1.54) is 11.1 Å².